The van der Waals surface area contributed by atoms with Crippen LogP contribution in [0, 0.1) is 13.8 Å². The van der Waals surface area contributed by atoms with Crippen LogP contribution in [0.2, 0.25) is 0 Å². The Morgan fingerprint density at radius 2 is 1.90 bits per heavy atom. The maximum atomic E-state index is 12.4. The largest absolute Gasteiger partial charge is 0.398 e. The summed E-state index contributed by atoms with van der Waals surface area (Å²) in [6.07, 6.45) is 0.757. The van der Waals surface area contributed by atoms with Crippen LogP contribution in [0.15, 0.2) is 17.0 Å². The van der Waals surface area contributed by atoms with Crippen LogP contribution in [-0.4, -0.2) is 40.0 Å². The third-order valence-electron chi connectivity index (χ3n) is 3.20. The van der Waals surface area contributed by atoms with Gasteiger partial charge in [-0.2, -0.15) is 0 Å². The summed E-state index contributed by atoms with van der Waals surface area (Å²) in [5.74, 6) is 0. The Morgan fingerprint density at radius 1 is 1.30 bits per heavy atom. The highest BCUT2D eigenvalue weighted by Gasteiger charge is 2.21. The molecule has 1 atom stereocenters. The normalized spacial score (nSPS) is 13.7. The SMILES string of the molecule is Cc1cc(N)c(C)c(S(=O)(=O)NC(C)CCN(C)C)c1. The predicted molar refractivity (Wildman–Crippen MR) is 83.3 cm³/mol. The molecular formula is C14H25N3O2S. The Kier molecular flexibility index (Phi) is 5.56. The molecule has 114 valence electrons. The number of sulfonamides is 1. The number of benzene rings is 1. The maximum Gasteiger partial charge on any atom is 0.241 e. The standard InChI is InChI=1S/C14H25N3O2S/c1-10-8-13(15)12(3)14(9-10)20(18,19)16-11(2)6-7-17(4)5/h8-9,11,16H,6-7,15H2,1-5H3. The zero-order valence-corrected chi connectivity index (χ0v) is 13.7. The summed E-state index contributed by atoms with van der Waals surface area (Å²) in [6.45, 7) is 6.27. The molecule has 5 nitrogen and oxygen atoms in total. The second-order valence-corrected chi connectivity index (χ2v) is 7.27. The molecule has 20 heavy (non-hydrogen) atoms. The molecule has 0 amide bonds. The zero-order chi connectivity index (χ0) is 15.5. The Hall–Kier alpha value is -1.11. The second kappa shape index (κ2) is 6.56. The Morgan fingerprint density at radius 3 is 2.45 bits per heavy atom. The molecule has 1 aromatic rings. The van der Waals surface area contributed by atoms with Crippen LogP contribution in [0.1, 0.15) is 24.5 Å². The summed E-state index contributed by atoms with van der Waals surface area (Å²) in [5, 5.41) is 0. The molecular weight excluding hydrogens is 274 g/mol. The molecule has 0 aliphatic rings. The van der Waals surface area contributed by atoms with Gasteiger partial charge < -0.3 is 10.6 Å². The fraction of sp³-hybridized carbons (Fsp3) is 0.571. The van der Waals surface area contributed by atoms with E-state index < -0.39 is 10.0 Å². The summed E-state index contributed by atoms with van der Waals surface area (Å²) in [6, 6.07) is 3.32. The lowest BCUT2D eigenvalue weighted by molar-refractivity contribution is 0.379. The molecule has 0 radical (unpaired) electrons. The first kappa shape index (κ1) is 16.9. The van der Waals surface area contributed by atoms with Crippen molar-refractivity contribution < 1.29 is 8.42 Å². The lowest BCUT2D eigenvalue weighted by atomic mass is 10.1. The van der Waals surface area contributed by atoms with Crippen molar-refractivity contribution in [2.45, 2.75) is 38.1 Å². The first-order chi connectivity index (χ1) is 9.13. The van der Waals surface area contributed by atoms with Crippen molar-refractivity contribution in [2.24, 2.45) is 0 Å². The highest BCUT2D eigenvalue weighted by molar-refractivity contribution is 7.89. The quantitative estimate of drug-likeness (QED) is 0.781. The summed E-state index contributed by atoms with van der Waals surface area (Å²) in [4.78, 5) is 2.30. The molecule has 0 bridgehead atoms. The molecule has 0 spiro atoms. The maximum absolute atomic E-state index is 12.4. The fourth-order valence-corrected chi connectivity index (χ4v) is 3.61. The molecule has 0 saturated carbocycles. The first-order valence-corrected chi connectivity index (χ1v) is 8.15. The molecule has 0 heterocycles. The van der Waals surface area contributed by atoms with Crippen LogP contribution in [0.3, 0.4) is 0 Å². The number of nitrogen functional groups attached to an aromatic ring is 1. The number of anilines is 1. The Labute approximate surface area is 122 Å². The van der Waals surface area contributed by atoms with Crippen molar-refractivity contribution in [3.05, 3.63) is 23.3 Å². The molecule has 0 aliphatic carbocycles. The Balaban J connectivity index is 2.94. The van der Waals surface area contributed by atoms with E-state index in [-0.39, 0.29) is 10.9 Å². The van der Waals surface area contributed by atoms with Gasteiger partial charge in [0.1, 0.15) is 0 Å². The second-order valence-electron chi connectivity index (χ2n) is 5.59. The lowest BCUT2D eigenvalue weighted by Crippen LogP contribution is -2.35. The monoisotopic (exact) mass is 299 g/mol. The number of hydrogen-bond acceptors (Lipinski definition) is 4. The van der Waals surface area contributed by atoms with Crippen molar-refractivity contribution in [1.82, 2.24) is 9.62 Å². The number of nitrogens with zero attached hydrogens (tertiary/aromatic N) is 1. The fourth-order valence-electron chi connectivity index (χ4n) is 1.97. The Bertz CT molecular complexity index is 568. The van der Waals surface area contributed by atoms with E-state index >= 15 is 0 Å². The van der Waals surface area contributed by atoms with Gasteiger partial charge in [0, 0.05) is 11.7 Å². The molecule has 0 fully saturated rings. The van der Waals surface area contributed by atoms with Gasteiger partial charge in [0.05, 0.1) is 4.90 Å². The van der Waals surface area contributed by atoms with Gasteiger partial charge in [0.15, 0.2) is 0 Å². The molecule has 0 aliphatic heterocycles. The zero-order valence-electron chi connectivity index (χ0n) is 12.9. The summed E-state index contributed by atoms with van der Waals surface area (Å²) in [7, 11) is 0.398. The van der Waals surface area contributed by atoms with E-state index in [1.165, 1.54) is 0 Å². The topological polar surface area (TPSA) is 75.4 Å². The van der Waals surface area contributed by atoms with Gasteiger partial charge in [0.25, 0.3) is 0 Å². The minimum absolute atomic E-state index is 0.122. The van der Waals surface area contributed by atoms with Crippen LogP contribution >= 0.6 is 0 Å². The van der Waals surface area contributed by atoms with Gasteiger partial charge in [-0.1, -0.05) is 0 Å². The van der Waals surface area contributed by atoms with E-state index in [1.54, 1.807) is 19.1 Å². The third-order valence-corrected chi connectivity index (χ3v) is 4.92. The van der Waals surface area contributed by atoms with Gasteiger partial charge in [-0.15, -0.1) is 0 Å². The number of hydrogen-bond donors (Lipinski definition) is 2. The van der Waals surface area contributed by atoms with Crippen LogP contribution in [0.5, 0.6) is 0 Å². The lowest BCUT2D eigenvalue weighted by Gasteiger charge is -2.18. The van der Waals surface area contributed by atoms with Crippen molar-refractivity contribution in [2.75, 3.05) is 26.4 Å². The van der Waals surface area contributed by atoms with E-state index in [0.717, 1.165) is 18.5 Å². The first-order valence-electron chi connectivity index (χ1n) is 6.67. The minimum Gasteiger partial charge on any atom is -0.398 e. The molecule has 1 unspecified atom stereocenters. The van der Waals surface area contributed by atoms with Crippen molar-refractivity contribution >= 4 is 15.7 Å². The van der Waals surface area contributed by atoms with Crippen molar-refractivity contribution in [1.29, 1.82) is 0 Å². The van der Waals surface area contributed by atoms with Crippen LogP contribution in [-0.2, 0) is 10.0 Å². The molecule has 0 aromatic heterocycles. The smallest absolute Gasteiger partial charge is 0.241 e. The summed E-state index contributed by atoms with van der Waals surface area (Å²) < 4.78 is 27.6. The average Bonchev–Trinajstić information content (AvgIpc) is 2.30. The van der Waals surface area contributed by atoms with Gasteiger partial charge in [-0.3, -0.25) is 0 Å². The van der Waals surface area contributed by atoms with E-state index in [4.69, 9.17) is 5.73 Å². The minimum atomic E-state index is -3.53. The molecule has 6 heteroatoms. The highest BCUT2D eigenvalue weighted by Crippen LogP contribution is 2.23. The molecule has 1 aromatic carbocycles. The van der Waals surface area contributed by atoms with Crippen LogP contribution in [0.25, 0.3) is 0 Å². The van der Waals surface area contributed by atoms with E-state index in [1.807, 2.05) is 32.8 Å². The van der Waals surface area contributed by atoms with Crippen molar-refractivity contribution in [3.8, 4) is 0 Å². The highest BCUT2D eigenvalue weighted by atomic mass is 32.2. The predicted octanol–water partition coefficient (Wildman–Crippen LogP) is 1.50. The third kappa shape index (κ3) is 4.47. The average molecular weight is 299 g/mol. The number of rotatable bonds is 6. The van der Waals surface area contributed by atoms with Crippen molar-refractivity contribution in [3.63, 3.8) is 0 Å². The number of nitrogens with two attached hydrogens (primary N) is 1. The number of nitrogens with one attached hydrogen (secondary N) is 1. The number of aryl methyl sites for hydroxylation is 1. The van der Waals surface area contributed by atoms with Crippen LogP contribution in [0.4, 0.5) is 5.69 Å². The van der Waals surface area contributed by atoms with Gasteiger partial charge in [0.2, 0.25) is 10.0 Å². The summed E-state index contributed by atoms with van der Waals surface area (Å²) in [5.41, 5.74) is 7.80. The van der Waals surface area contributed by atoms with E-state index in [9.17, 15) is 8.42 Å². The van der Waals surface area contributed by atoms with Gasteiger partial charge >= 0.3 is 0 Å². The van der Waals surface area contributed by atoms with Gasteiger partial charge in [-0.05, 0) is 71.1 Å². The molecule has 1 rings (SSSR count). The van der Waals surface area contributed by atoms with E-state index in [2.05, 4.69) is 4.72 Å². The molecule has 3 N–H and O–H groups in total. The van der Waals surface area contributed by atoms with Gasteiger partial charge in [-0.25, -0.2) is 13.1 Å². The van der Waals surface area contributed by atoms with E-state index in [0.29, 0.717) is 11.3 Å². The summed E-state index contributed by atoms with van der Waals surface area (Å²) >= 11 is 0. The molecule has 0 saturated heterocycles. The van der Waals surface area contributed by atoms with Crippen LogP contribution < -0.4 is 10.5 Å².